The van der Waals surface area contributed by atoms with Gasteiger partial charge >= 0.3 is 0 Å². The number of sulfonamides is 1. The topological polar surface area (TPSA) is 93.7 Å². The van der Waals surface area contributed by atoms with Gasteiger partial charge in [-0.15, -0.1) is 0 Å². The zero-order valence-corrected chi connectivity index (χ0v) is 17.9. The summed E-state index contributed by atoms with van der Waals surface area (Å²) in [5, 5.41) is 2.83. The van der Waals surface area contributed by atoms with Crippen LogP contribution in [0.5, 0.6) is 5.75 Å². The first-order valence-electron chi connectivity index (χ1n) is 10.2. The molecule has 162 valence electrons. The van der Waals surface area contributed by atoms with E-state index in [0.29, 0.717) is 25.5 Å². The lowest BCUT2D eigenvalue weighted by atomic mass is 10.1. The molecule has 0 aromatic heterocycles. The number of rotatable bonds is 10. The average Bonchev–Trinajstić information content (AvgIpc) is 3.26. The van der Waals surface area contributed by atoms with Crippen LogP contribution in [0.3, 0.4) is 0 Å². The van der Waals surface area contributed by atoms with Crippen LogP contribution >= 0.6 is 0 Å². The summed E-state index contributed by atoms with van der Waals surface area (Å²) in [5.41, 5.74) is 0.865. The number of ether oxygens (including phenoxy) is 2. The molecule has 2 aromatic carbocycles. The molecular weight excluding hydrogens is 404 g/mol. The van der Waals surface area contributed by atoms with Crippen molar-refractivity contribution in [3.63, 3.8) is 0 Å². The summed E-state index contributed by atoms with van der Waals surface area (Å²) in [6.45, 7) is 3.41. The van der Waals surface area contributed by atoms with E-state index in [9.17, 15) is 13.2 Å². The van der Waals surface area contributed by atoms with Gasteiger partial charge in [-0.2, -0.15) is 4.72 Å². The number of carbonyl (C=O) groups is 1. The fourth-order valence-electron chi connectivity index (χ4n) is 3.32. The Kier molecular flexibility index (Phi) is 7.84. The van der Waals surface area contributed by atoms with Crippen LogP contribution in [0.2, 0.25) is 0 Å². The Balaban J connectivity index is 1.73. The Hall–Kier alpha value is -2.42. The van der Waals surface area contributed by atoms with Crippen molar-refractivity contribution in [2.24, 2.45) is 0 Å². The molecule has 0 bridgehead atoms. The van der Waals surface area contributed by atoms with Crippen LogP contribution in [0.15, 0.2) is 59.5 Å². The summed E-state index contributed by atoms with van der Waals surface area (Å²) in [5.74, 6) is 0.218. The maximum Gasteiger partial charge on any atom is 0.241 e. The fraction of sp³-hybridized carbons (Fsp3) is 0.409. The minimum atomic E-state index is -3.89. The molecule has 1 amide bonds. The SMILES string of the molecule is CCOc1ccc(S(=O)(=O)N[C@@H](Cc2ccccc2)C(=O)NC[C@@H]2CCCO2)cc1. The smallest absolute Gasteiger partial charge is 0.241 e. The summed E-state index contributed by atoms with van der Waals surface area (Å²) in [4.78, 5) is 12.9. The Labute approximate surface area is 177 Å². The third-order valence-corrected chi connectivity index (χ3v) is 6.36. The van der Waals surface area contributed by atoms with Gasteiger partial charge in [-0.25, -0.2) is 8.42 Å². The first-order valence-corrected chi connectivity index (χ1v) is 11.6. The summed E-state index contributed by atoms with van der Waals surface area (Å²) in [6, 6.07) is 14.5. The van der Waals surface area contributed by atoms with Crippen molar-refractivity contribution in [2.45, 2.75) is 43.2 Å². The number of nitrogens with one attached hydrogen (secondary N) is 2. The maximum atomic E-state index is 12.9. The van der Waals surface area contributed by atoms with Crippen LogP contribution in [0, 0.1) is 0 Å². The Bertz CT molecular complexity index is 910. The predicted molar refractivity (Wildman–Crippen MR) is 114 cm³/mol. The van der Waals surface area contributed by atoms with Gasteiger partial charge in [0.1, 0.15) is 11.8 Å². The first kappa shape index (κ1) is 22.3. The minimum Gasteiger partial charge on any atom is -0.494 e. The van der Waals surface area contributed by atoms with Crippen molar-refractivity contribution in [2.75, 3.05) is 19.8 Å². The second-order valence-electron chi connectivity index (χ2n) is 7.15. The molecule has 0 aliphatic carbocycles. The van der Waals surface area contributed by atoms with Crippen LogP contribution in [0.1, 0.15) is 25.3 Å². The number of carbonyl (C=O) groups excluding carboxylic acids is 1. The predicted octanol–water partition coefficient (Wildman–Crippen LogP) is 2.27. The molecule has 1 fully saturated rings. The van der Waals surface area contributed by atoms with Gasteiger partial charge in [0.05, 0.1) is 17.6 Å². The van der Waals surface area contributed by atoms with Crippen molar-refractivity contribution in [3.05, 3.63) is 60.2 Å². The maximum absolute atomic E-state index is 12.9. The van der Waals surface area contributed by atoms with E-state index in [1.54, 1.807) is 12.1 Å². The highest BCUT2D eigenvalue weighted by Gasteiger charge is 2.27. The highest BCUT2D eigenvalue weighted by molar-refractivity contribution is 7.89. The molecule has 7 nitrogen and oxygen atoms in total. The lowest BCUT2D eigenvalue weighted by Gasteiger charge is -2.20. The third-order valence-electron chi connectivity index (χ3n) is 4.87. The molecule has 0 saturated carbocycles. The monoisotopic (exact) mass is 432 g/mol. The molecular formula is C22H28N2O5S. The summed E-state index contributed by atoms with van der Waals surface area (Å²) in [7, 11) is -3.89. The Morgan fingerprint density at radius 2 is 1.90 bits per heavy atom. The summed E-state index contributed by atoms with van der Waals surface area (Å²) < 4.78 is 39.3. The molecule has 8 heteroatoms. The number of benzene rings is 2. The lowest BCUT2D eigenvalue weighted by molar-refractivity contribution is -0.123. The van der Waals surface area contributed by atoms with Crippen molar-refractivity contribution in [1.29, 1.82) is 0 Å². The van der Waals surface area contributed by atoms with Crippen LogP contribution in [-0.4, -0.2) is 46.2 Å². The van der Waals surface area contributed by atoms with E-state index >= 15 is 0 Å². The average molecular weight is 433 g/mol. The quantitative estimate of drug-likeness (QED) is 0.601. The minimum absolute atomic E-state index is 0.0194. The van der Waals surface area contributed by atoms with Gasteiger partial charge in [0.2, 0.25) is 15.9 Å². The second kappa shape index (κ2) is 10.6. The normalized spacial score (nSPS) is 17.4. The molecule has 0 radical (unpaired) electrons. The van der Waals surface area contributed by atoms with Crippen LogP contribution in [-0.2, 0) is 26.0 Å². The van der Waals surface area contributed by atoms with Crippen molar-refractivity contribution < 1.29 is 22.7 Å². The number of hydrogen-bond donors (Lipinski definition) is 2. The fourth-order valence-corrected chi connectivity index (χ4v) is 4.51. The molecule has 3 rings (SSSR count). The van der Waals surface area contributed by atoms with Gasteiger partial charge in [0.15, 0.2) is 0 Å². The molecule has 1 saturated heterocycles. The van der Waals surface area contributed by atoms with Crippen molar-refractivity contribution in [1.82, 2.24) is 10.0 Å². The molecule has 2 aromatic rings. The van der Waals surface area contributed by atoms with Crippen LogP contribution in [0.25, 0.3) is 0 Å². The lowest BCUT2D eigenvalue weighted by Crippen LogP contribution is -2.49. The zero-order valence-electron chi connectivity index (χ0n) is 17.0. The Morgan fingerprint density at radius 3 is 2.53 bits per heavy atom. The molecule has 0 spiro atoms. The largest absolute Gasteiger partial charge is 0.494 e. The first-order chi connectivity index (χ1) is 14.5. The van der Waals surface area contributed by atoms with E-state index in [2.05, 4.69) is 10.0 Å². The molecule has 1 aliphatic rings. The molecule has 2 N–H and O–H groups in total. The van der Waals surface area contributed by atoms with Crippen LogP contribution in [0.4, 0.5) is 0 Å². The van der Waals surface area contributed by atoms with Gasteiger partial charge in [-0.1, -0.05) is 30.3 Å². The summed E-state index contributed by atoms with van der Waals surface area (Å²) >= 11 is 0. The summed E-state index contributed by atoms with van der Waals surface area (Å²) in [6.07, 6.45) is 2.09. The van der Waals surface area contributed by atoms with Gasteiger partial charge in [-0.3, -0.25) is 4.79 Å². The number of hydrogen-bond acceptors (Lipinski definition) is 5. The Morgan fingerprint density at radius 1 is 1.17 bits per heavy atom. The van der Waals surface area contributed by atoms with Gasteiger partial charge in [0, 0.05) is 13.2 Å². The molecule has 2 atom stereocenters. The second-order valence-corrected chi connectivity index (χ2v) is 8.86. The molecule has 0 unspecified atom stereocenters. The van der Waals surface area contributed by atoms with Gasteiger partial charge < -0.3 is 14.8 Å². The highest BCUT2D eigenvalue weighted by Crippen LogP contribution is 2.17. The molecule has 1 heterocycles. The van der Waals surface area contributed by atoms with E-state index < -0.39 is 16.1 Å². The van der Waals surface area contributed by atoms with E-state index in [1.807, 2.05) is 37.3 Å². The highest BCUT2D eigenvalue weighted by atomic mass is 32.2. The van der Waals surface area contributed by atoms with Crippen LogP contribution < -0.4 is 14.8 Å². The van der Waals surface area contributed by atoms with Crippen molar-refractivity contribution in [3.8, 4) is 5.75 Å². The standard InChI is InChI=1S/C22H28N2O5S/c1-2-28-18-10-12-20(13-11-18)30(26,27)24-21(15-17-7-4-3-5-8-17)22(25)23-16-19-9-6-14-29-19/h3-5,7-8,10-13,19,21,24H,2,6,9,14-16H2,1H3,(H,23,25)/t19-,21-/m0/s1. The van der Waals surface area contributed by atoms with E-state index in [-0.39, 0.29) is 23.3 Å². The number of amides is 1. The third kappa shape index (κ3) is 6.29. The molecule has 30 heavy (non-hydrogen) atoms. The van der Waals surface area contributed by atoms with Gasteiger partial charge in [-0.05, 0) is 56.0 Å². The van der Waals surface area contributed by atoms with Crippen molar-refractivity contribution >= 4 is 15.9 Å². The zero-order chi connectivity index (χ0) is 21.4. The van der Waals surface area contributed by atoms with E-state index in [4.69, 9.17) is 9.47 Å². The van der Waals surface area contributed by atoms with E-state index in [1.165, 1.54) is 12.1 Å². The molecule has 1 aliphatic heterocycles. The van der Waals surface area contributed by atoms with E-state index in [0.717, 1.165) is 18.4 Å². The van der Waals surface area contributed by atoms with Gasteiger partial charge in [0.25, 0.3) is 0 Å².